The van der Waals surface area contributed by atoms with Crippen molar-refractivity contribution in [2.75, 3.05) is 12.8 Å². The summed E-state index contributed by atoms with van der Waals surface area (Å²) in [5, 5.41) is 6.63. The lowest BCUT2D eigenvalue weighted by molar-refractivity contribution is 0.416. The van der Waals surface area contributed by atoms with Gasteiger partial charge in [-0.05, 0) is 45.6 Å². The fraction of sp³-hybridized carbons (Fsp3) is 0.0714. The normalized spacial score (nSPS) is 10.8. The maximum Gasteiger partial charge on any atom is 0.230 e. The summed E-state index contributed by atoms with van der Waals surface area (Å²) < 4.78 is 11.5. The fourth-order valence-corrected chi connectivity index (χ4v) is 3.78. The number of hydrogen-bond donors (Lipinski definition) is 1. The topological polar surface area (TPSA) is 61.3 Å². The summed E-state index contributed by atoms with van der Waals surface area (Å²) in [7, 11) is 1.59. The Morgan fingerprint density at radius 3 is 2.86 bits per heavy atom. The molecule has 0 unspecified atom stereocenters. The Morgan fingerprint density at radius 1 is 1.38 bits per heavy atom. The standard InChI is InChI=1S/C14H10BrClN2O2S/c1-19-10-3-2-7(16)6-8(10)11-12(18-20-14(11)17)13-9(15)4-5-21-13/h2-6H,17H2,1H3. The molecule has 0 atom stereocenters. The van der Waals surface area contributed by atoms with Crippen molar-refractivity contribution in [1.82, 2.24) is 5.16 Å². The van der Waals surface area contributed by atoms with Crippen molar-refractivity contribution in [1.29, 1.82) is 0 Å². The van der Waals surface area contributed by atoms with Gasteiger partial charge in [0.25, 0.3) is 0 Å². The van der Waals surface area contributed by atoms with Crippen LogP contribution in [0, 0.1) is 0 Å². The Bertz CT molecular complexity index is 800. The van der Waals surface area contributed by atoms with Gasteiger partial charge in [0.15, 0.2) is 0 Å². The Labute approximate surface area is 138 Å². The highest BCUT2D eigenvalue weighted by Gasteiger charge is 2.23. The lowest BCUT2D eigenvalue weighted by atomic mass is 10.0. The Kier molecular flexibility index (Phi) is 3.93. The number of nitrogen functional groups attached to an aromatic ring is 1. The van der Waals surface area contributed by atoms with Gasteiger partial charge in [0.2, 0.25) is 5.88 Å². The molecule has 0 fully saturated rings. The molecular weight excluding hydrogens is 376 g/mol. The molecular formula is C14H10BrClN2O2S. The second kappa shape index (κ2) is 5.71. The van der Waals surface area contributed by atoms with E-state index in [1.54, 1.807) is 36.6 Å². The molecule has 2 N–H and O–H groups in total. The van der Waals surface area contributed by atoms with Crippen LogP contribution in [0.2, 0.25) is 5.02 Å². The maximum absolute atomic E-state index is 6.10. The van der Waals surface area contributed by atoms with Crippen molar-refractivity contribution in [3.05, 3.63) is 39.1 Å². The minimum absolute atomic E-state index is 0.228. The van der Waals surface area contributed by atoms with Crippen LogP contribution in [0.15, 0.2) is 38.6 Å². The number of rotatable bonds is 3. The van der Waals surface area contributed by atoms with E-state index in [0.29, 0.717) is 22.0 Å². The van der Waals surface area contributed by atoms with Gasteiger partial charge < -0.3 is 15.0 Å². The Balaban J connectivity index is 2.27. The molecule has 0 radical (unpaired) electrons. The summed E-state index contributed by atoms with van der Waals surface area (Å²) in [6.45, 7) is 0. The second-order valence-electron chi connectivity index (χ2n) is 4.21. The van der Waals surface area contributed by atoms with E-state index in [0.717, 1.165) is 14.9 Å². The van der Waals surface area contributed by atoms with E-state index in [4.69, 9.17) is 26.6 Å². The van der Waals surface area contributed by atoms with Gasteiger partial charge in [-0.3, -0.25) is 0 Å². The minimum atomic E-state index is 0.228. The van der Waals surface area contributed by atoms with E-state index < -0.39 is 0 Å². The van der Waals surface area contributed by atoms with Crippen LogP contribution < -0.4 is 10.5 Å². The van der Waals surface area contributed by atoms with E-state index in [9.17, 15) is 0 Å². The molecule has 1 aromatic carbocycles. The first-order chi connectivity index (χ1) is 10.1. The van der Waals surface area contributed by atoms with Crippen LogP contribution >= 0.6 is 38.9 Å². The molecule has 0 aliphatic heterocycles. The molecule has 2 aromatic heterocycles. The molecule has 0 saturated heterocycles. The van der Waals surface area contributed by atoms with Crippen LogP contribution in [0.5, 0.6) is 5.75 Å². The van der Waals surface area contributed by atoms with Crippen LogP contribution in [0.3, 0.4) is 0 Å². The van der Waals surface area contributed by atoms with E-state index in [-0.39, 0.29) is 5.88 Å². The molecule has 3 aromatic rings. The van der Waals surface area contributed by atoms with E-state index in [1.165, 1.54) is 0 Å². The van der Waals surface area contributed by atoms with Crippen LogP contribution in [-0.2, 0) is 0 Å². The van der Waals surface area contributed by atoms with Crippen molar-refractivity contribution in [2.24, 2.45) is 0 Å². The molecule has 2 heterocycles. The Morgan fingerprint density at radius 2 is 2.19 bits per heavy atom. The lowest BCUT2D eigenvalue weighted by Gasteiger charge is -2.09. The van der Waals surface area contributed by atoms with Gasteiger partial charge in [0.1, 0.15) is 11.4 Å². The summed E-state index contributed by atoms with van der Waals surface area (Å²) >= 11 is 11.1. The summed E-state index contributed by atoms with van der Waals surface area (Å²) in [5.74, 6) is 0.883. The van der Waals surface area contributed by atoms with Crippen molar-refractivity contribution in [3.63, 3.8) is 0 Å². The number of ether oxygens (including phenoxy) is 1. The monoisotopic (exact) mass is 384 g/mol. The molecule has 4 nitrogen and oxygen atoms in total. The predicted octanol–water partition coefficient (Wildman–Crippen LogP) is 5.08. The van der Waals surface area contributed by atoms with Crippen molar-refractivity contribution in [2.45, 2.75) is 0 Å². The third kappa shape index (κ3) is 2.54. The summed E-state index contributed by atoms with van der Waals surface area (Å²) in [6.07, 6.45) is 0. The molecule has 0 spiro atoms. The van der Waals surface area contributed by atoms with Gasteiger partial charge in [0.05, 0.1) is 17.6 Å². The zero-order valence-electron chi connectivity index (χ0n) is 10.9. The number of methoxy groups -OCH3 is 1. The van der Waals surface area contributed by atoms with Crippen LogP contribution in [0.1, 0.15) is 0 Å². The summed E-state index contributed by atoms with van der Waals surface area (Å²) in [4.78, 5) is 0.937. The third-order valence-electron chi connectivity index (χ3n) is 2.98. The number of anilines is 1. The van der Waals surface area contributed by atoms with Crippen molar-refractivity contribution < 1.29 is 9.26 Å². The first kappa shape index (κ1) is 14.4. The zero-order chi connectivity index (χ0) is 15.0. The van der Waals surface area contributed by atoms with E-state index >= 15 is 0 Å². The number of halogens is 2. The van der Waals surface area contributed by atoms with Gasteiger partial charge in [-0.2, -0.15) is 0 Å². The smallest absolute Gasteiger partial charge is 0.230 e. The molecule has 3 rings (SSSR count). The first-order valence-electron chi connectivity index (χ1n) is 5.94. The second-order valence-corrected chi connectivity index (χ2v) is 6.42. The van der Waals surface area contributed by atoms with Gasteiger partial charge >= 0.3 is 0 Å². The highest BCUT2D eigenvalue weighted by Crippen LogP contribution is 2.45. The number of nitrogens with zero attached hydrogens (tertiary/aromatic N) is 1. The van der Waals surface area contributed by atoms with Gasteiger partial charge in [-0.15, -0.1) is 11.3 Å². The number of aromatic nitrogens is 1. The molecule has 21 heavy (non-hydrogen) atoms. The fourth-order valence-electron chi connectivity index (χ4n) is 2.06. The SMILES string of the molecule is COc1ccc(Cl)cc1-c1c(-c2sccc2Br)noc1N. The van der Waals surface area contributed by atoms with Gasteiger partial charge in [-0.1, -0.05) is 16.8 Å². The average molecular weight is 386 g/mol. The summed E-state index contributed by atoms with van der Waals surface area (Å²) in [6, 6.07) is 7.28. The molecule has 7 heteroatoms. The van der Waals surface area contributed by atoms with Crippen molar-refractivity contribution >= 4 is 44.8 Å². The van der Waals surface area contributed by atoms with Crippen LogP contribution in [-0.4, -0.2) is 12.3 Å². The zero-order valence-corrected chi connectivity index (χ0v) is 14.1. The molecule has 0 aliphatic carbocycles. The maximum atomic E-state index is 6.10. The largest absolute Gasteiger partial charge is 0.496 e. The molecule has 108 valence electrons. The molecule has 0 saturated carbocycles. The number of thiophene rings is 1. The third-order valence-corrected chi connectivity index (χ3v) is 5.06. The molecule has 0 aliphatic rings. The highest BCUT2D eigenvalue weighted by atomic mass is 79.9. The molecule has 0 bridgehead atoms. The molecule has 0 amide bonds. The van der Waals surface area contributed by atoms with Crippen LogP contribution in [0.4, 0.5) is 5.88 Å². The minimum Gasteiger partial charge on any atom is -0.496 e. The van der Waals surface area contributed by atoms with E-state index in [2.05, 4.69) is 21.1 Å². The summed E-state index contributed by atoms with van der Waals surface area (Å²) in [5.41, 5.74) is 8.05. The number of nitrogens with two attached hydrogens (primary N) is 1. The van der Waals surface area contributed by atoms with Gasteiger partial charge in [0, 0.05) is 15.1 Å². The number of benzene rings is 1. The van der Waals surface area contributed by atoms with E-state index in [1.807, 2.05) is 11.4 Å². The Hall–Kier alpha value is -1.50. The lowest BCUT2D eigenvalue weighted by Crippen LogP contribution is -1.92. The number of hydrogen-bond acceptors (Lipinski definition) is 5. The first-order valence-corrected chi connectivity index (χ1v) is 7.99. The van der Waals surface area contributed by atoms with Crippen LogP contribution in [0.25, 0.3) is 21.7 Å². The highest BCUT2D eigenvalue weighted by molar-refractivity contribution is 9.10. The predicted molar refractivity (Wildman–Crippen MR) is 88.9 cm³/mol. The van der Waals surface area contributed by atoms with Crippen molar-refractivity contribution in [3.8, 4) is 27.4 Å². The average Bonchev–Trinajstić information content (AvgIpc) is 3.04. The quantitative estimate of drug-likeness (QED) is 0.683. The van der Waals surface area contributed by atoms with Gasteiger partial charge in [-0.25, -0.2) is 0 Å².